The maximum atomic E-state index is 12.6. The summed E-state index contributed by atoms with van der Waals surface area (Å²) in [5.41, 5.74) is 0.770. The number of carbonyl (C=O) groups excluding carboxylic acids is 2. The number of aliphatic carboxylic acids is 1. The smallest absolute Gasteiger partial charge is 0.327 e. The Hall–Kier alpha value is -2.14. The first-order chi connectivity index (χ1) is 11.0. The van der Waals surface area contributed by atoms with E-state index in [4.69, 9.17) is 11.6 Å². The van der Waals surface area contributed by atoms with Gasteiger partial charge >= 0.3 is 5.97 Å². The van der Waals surface area contributed by atoms with Crippen LogP contribution in [0, 0.1) is 11.8 Å². The molecular weight excluding hydrogens is 318 g/mol. The number of carboxylic acids is 1. The van der Waals surface area contributed by atoms with Crippen LogP contribution in [0.2, 0.25) is 0 Å². The Morgan fingerprint density at radius 3 is 2.52 bits per heavy atom. The minimum Gasteiger partial charge on any atom is -0.480 e. The highest BCUT2D eigenvalue weighted by molar-refractivity contribution is 6.30. The highest BCUT2D eigenvalue weighted by atomic mass is 35.5. The van der Waals surface area contributed by atoms with Crippen molar-refractivity contribution >= 4 is 29.4 Å². The van der Waals surface area contributed by atoms with E-state index in [9.17, 15) is 19.5 Å². The van der Waals surface area contributed by atoms with Gasteiger partial charge in [0.2, 0.25) is 11.8 Å². The van der Waals surface area contributed by atoms with Crippen molar-refractivity contribution in [1.29, 1.82) is 0 Å². The number of likely N-dealkylation sites (tertiary alicyclic amines) is 1. The van der Waals surface area contributed by atoms with E-state index in [0.29, 0.717) is 17.9 Å². The summed E-state index contributed by atoms with van der Waals surface area (Å²) in [5, 5.41) is 10.1. The Morgan fingerprint density at radius 2 is 1.87 bits per heavy atom. The van der Waals surface area contributed by atoms with Gasteiger partial charge in [0.15, 0.2) is 0 Å². The predicted octanol–water partition coefficient (Wildman–Crippen LogP) is 2.20. The molecule has 1 heterocycles. The molecule has 3 rings (SSSR count). The Balaban J connectivity index is 1.87. The van der Waals surface area contributed by atoms with Crippen LogP contribution in [0.25, 0.3) is 0 Å². The van der Waals surface area contributed by atoms with Crippen molar-refractivity contribution in [1.82, 2.24) is 4.90 Å². The maximum Gasteiger partial charge on any atom is 0.327 e. The quantitative estimate of drug-likeness (QED) is 0.857. The van der Waals surface area contributed by atoms with Gasteiger partial charge in [-0.15, -0.1) is 0 Å². The number of amides is 2. The third kappa shape index (κ3) is 2.88. The van der Waals surface area contributed by atoms with Gasteiger partial charge in [-0.25, -0.2) is 4.79 Å². The molecule has 0 aromatic heterocycles. The molecule has 1 N–H and O–H groups in total. The summed E-state index contributed by atoms with van der Waals surface area (Å²) in [6, 6.07) is 7.81. The lowest BCUT2D eigenvalue weighted by Crippen LogP contribution is -2.46. The van der Waals surface area contributed by atoms with E-state index in [-0.39, 0.29) is 6.42 Å². The highest BCUT2D eigenvalue weighted by Gasteiger charge is 2.52. The summed E-state index contributed by atoms with van der Waals surface area (Å²) in [6.45, 7) is 0. The van der Waals surface area contributed by atoms with Crippen LogP contribution < -0.4 is 0 Å². The normalized spacial score (nSPS) is 25.1. The van der Waals surface area contributed by atoms with Gasteiger partial charge in [-0.1, -0.05) is 48.0 Å². The largest absolute Gasteiger partial charge is 0.480 e. The zero-order valence-corrected chi connectivity index (χ0v) is 13.1. The molecule has 5 nitrogen and oxygen atoms in total. The van der Waals surface area contributed by atoms with E-state index in [0.717, 1.165) is 10.5 Å². The Kier molecular flexibility index (Phi) is 4.22. The lowest BCUT2D eigenvalue weighted by atomic mass is 9.85. The van der Waals surface area contributed by atoms with Crippen LogP contribution in [0.5, 0.6) is 0 Å². The van der Waals surface area contributed by atoms with Gasteiger partial charge in [0.1, 0.15) is 6.04 Å². The minimum atomic E-state index is -1.18. The zero-order valence-electron chi connectivity index (χ0n) is 12.3. The standard InChI is InChI=1S/C17H16ClNO4/c18-11-6-7-12-13(9-11)16(21)19(15(12)20)14(17(22)23)8-10-4-2-1-3-5-10/h1-6,12-14H,7-9H2,(H,22,23)/t12-,13+,14+/m1/s1. The molecule has 1 aromatic rings. The van der Waals surface area contributed by atoms with E-state index in [1.807, 2.05) is 6.07 Å². The molecule has 3 atom stereocenters. The molecular formula is C17H16ClNO4. The number of hydrogen-bond acceptors (Lipinski definition) is 3. The molecule has 120 valence electrons. The first kappa shape index (κ1) is 15.7. The molecule has 0 bridgehead atoms. The van der Waals surface area contributed by atoms with E-state index < -0.39 is 35.7 Å². The number of halogens is 1. The second-order valence-corrected chi connectivity index (χ2v) is 6.38. The van der Waals surface area contributed by atoms with Gasteiger partial charge in [0.05, 0.1) is 11.8 Å². The minimum absolute atomic E-state index is 0.105. The summed E-state index contributed by atoms with van der Waals surface area (Å²) < 4.78 is 0. The first-order valence-corrected chi connectivity index (χ1v) is 7.85. The van der Waals surface area contributed by atoms with Crippen LogP contribution in [0.3, 0.4) is 0 Å². The van der Waals surface area contributed by atoms with Gasteiger partial charge in [0, 0.05) is 11.5 Å². The van der Waals surface area contributed by atoms with Crippen LogP contribution in [-0.4, -0.2) is 33.8 Å². The average molecular weight is 334 g/mol. The van der Waals surface area contributed by atoms with Crippen LogP contribution in [-0.2, 0) is 20.8 Å². The fraction of sp³-hybridized carbons (Fsp3) is 0.353. The van der Waals surface area contributed by atoms with Crippen molar-refractivity contribution < 1.29 is 19.5 Å². The third-order valence-electron chi connectivity index (χ3n) is 4.47. The number of nitrogens with zero attached hydrogens (tertiary/aromatic N) is 1. The Labute approximate surface area is 138 Å². The van der Waals surface area contributed by atoms with Gasteiger partial charge in [-0.2, -0.15) is 0 Å². The van der Waals surface area contributed by atoms with Crippen molar-refractivity contribution in [2.75, 3.05) is 0 Å². The van der Waals surface area contributed by atoms with E-state index in [1.54, 1.807) is 30.3 Å². The monoisotopic (exact) mass is 333 g/mol. The molecule has 2 amide bonds. The van der Waals surface area contributed by atoms with Crippen molar-refractivity contribution in [2.45, 2.75) is 25.3 Å². The molecule has 0 radical (unpaired) electrons. The van der Waals surface area contributed by atoms with Gasteiger partial charge in [-0.05, 0) is 18.4 Å². The van der Waals surface area contributed by atoms with Gasteiger partial charge in [-0.3, -0.25) is 14.5 Å². The topological polar surface area (TPSA) is 74.7 Å². The molecule has 0 spiro atoms. The molecule has 1 fully saturated rings. The second-order valence-electron chi connectivity index (χ2n) is 5.89. The predicted molar refractivity (Wildman–Crippen MR) is 83.6 cm³/mol. The molecule has 0 saturated carbocycles. The summed E-state index contributed by atoms with van der Waals surface area (Å²) in [5.74, 6) is -3.01. The Morgan fingerprint density at radius 1 is 1.22 bits per heavy atom. The summed E-state index contributed by atoms with van der Waals surface area (Å²) in [4.78, 5) is 37.8. The number of imide groups is 1. The number of fused-ring (bicyclic) bond motifs is 1. The number of rotatable bonds is 4. The number of allylic oxidation sites excluding steroid dienone is 2. The maximum absolute atomic E-state index is 12.6. The lowest BCUT2D eigenvalue weighted by Gasteiger charge is -2.23. The van der Waals surface area contributed by atoms with Crippen molar-refractivity contribution in [3.05, 3.63) is 47.0 Å². The summed E-state index contributed by atoms with van der Waals surface area (Å²) in [6.07, 6.45) is 2.55. The molecule has 23 heavy (non-hydrogen) atoms. The Bertz CT molecular complexity index is 685. The first-order valence-electron chi connectivity index (χ1n) is 7.47. The molecule has 1 saturated heterocycles. The molecule has 1 aliphatic heterocycles. The molecule has 6 heteroatoms. The SMILES string of the molecule is O=C(O)[C@H](Cc1ccccc1)N1C(=O)[C@H]2CC(Cl)=CC[C@H]2C1=O. The van der Waals surface area contributed by atoms with Crippen LogP contribution >= 0.6 is 11.6 Å². The third-order valence-corrected chi connectivity index (χ3v) is 4.78. The number of hydrogen-bond donors (Lipinski definition) is 1. The fourth-order valence-electron chi connectivity index (χ4n) is 3.29. The number of carboxylic acid groups (broad SMARTS) is 1. The fourth-order valence-corrected chi connectivity index (χ4v) is 3.54. The molecule has 1 aromatic carbocycles. The molecule has 1 aliphatic carbocycles. The van der Waals surface area contributed by atoms with Gasteiger partial charge in [0.25, 0.3) is 0 Å². The highest BCUT2D eigenvalue weighted by Crippen LogP contribution is 2.40. The van der Waals surface area contributed by atoms with Crippen LogP contribution in [0.1, 0.15) is 18.4 Å². The van der Waals surface area contributed by atoms with E-state index in [2.05, 4.69) is 0 Å². The zero-order chi connectivity index (χ0) is 16.6. The average Bonchev–Trinajstić information content (AvgIpc) is 2.77. The molecule has 0 unspecified atom stereocenters. The van der Waals surface area contributed by atoms with Crippen LogP contribution in [0.15, 0.2) is 41.4 Å². The summed E-state index contributed by atoms with van der Waals surface area (Å²) >= 11 is 5.98. The van der Waals surface area contributed by atoms with Crippen molar-refractivity contribution in [2.24, 2.45) is 11.8 Å². The number of carbonyl (C=O) groups is 3. The van der Waals surface area contributed by atoms with Crippen LogP contribution in [0.4, 0.5) is 0 Å². The molecule has 2 aliphatic rings. The summed E-state index contributed by atoms with van der Waals surface area (Å²) in [7, 11) is 0. The van der Waals surface area contributed by atoms with Gasteiger partial charge < -0.3 is 5.11 Å². The number of benzene rings is 1. The van der Waals surface area contributed by atoms with E-state index >= 15 is 0 Å². The lowest BCUT2D eigenvalue weighted by molar-refractivity contribution is -0.155. The van der Waals surface area contributed by atoms with Crippen molar-refractivity contribution in [3.8, 4) is 0 Å². The van der Waals surface area contributed by atoms with E-state index in [1.165, 1.54) is 0 Å². The van der Waals surface area contributed by atoms with Crippen molar-refractivity contribution in [3.63, 3.8) is 0 Å². The second kappa shape index (κ2) is 6.16.